The van der Waals surface area contributed by atoms with E-state index in [1.54, 1.807) is 23.5 Å². The summed E-state index contributed by atoms with van der Waals surface area (Å²) >= 11 is 3.46. The van der Waals surface area contributed by atoms with Gasteiger partial charge in [-0.05, 0) is 53.7 Å². The van der Waals surface area contributed by atoms with Crippen LogP contribution < -0.4 is 5.32 Å². The van der Waals surface area contributed by atoms with Gasteiger partial charge in [-0.1, -0.05) is 82.0 Å². The van der Waals surface area contributed by atoms with E-state index in [4.69, 9.17) is 4.98 Å². The Kier molecular flexibility index (Phi) is 9.38. The van der Waals surface area contributed by atoms with Crippen molar-refractivity contribution in [2.24, 2.45) is 0 Å². The van der Waals surface area contributed by atoms with Gasteiger partial charge in [0.05, 0.1) is 5.69 Å². The molecule has 4 rings (SSSR count). The molecule has 186 valence electrons. The number of nitrogens with zero attached hydrogens (tertiary/aromatic N) is 2. The van der Waals surface area contributed by atoms with Crippen molar-refractivity contribution >= 4 is 46.0 Å². The summed E-state index contributed by atoms with van der Waals surface area (Å²) in [7, 11) is 0. The second kappa shape index (κ2) is 12.7. The summed E-state index contributed by atoms with van der Waals surface area (Å²) in [6, 6.07) is 17.2. The lowest BCUT2D eigenvalue weighted by atomic mass is 10.0. The molecular formula is C29H37N3OS2. The van der Waals surface area contributed by atoms with Crippen LogP contribution in [-0.2, 0) is 6.54 Å². The molecule has 1 N–H and O–H groups in total. The summed E-state index contributed by atoms with van der Waals surface area (Å²) in [5.41, 5.74) is 3.07. The molecule has 0 bridgehead atoms. The van der Waals surface area contributed by atoms with Gasteiger partial charge >= 0.3 is 6.03 Å². The van der Waals surface area contributed by atoms with Gasteiger partial charge in [0.1, 0.15) is 5.03 Å². The lowest BCUT2D eigenvalue weighted by Gasteiger charge is -2.32. The number of nitrogens with one attached hydrogen (secondary N) is 1. The number of rotatable bonds is 8. The van der Waals surface area contributed by atoms with Crippen LogP contribution in [0.3, 0.4) is 0 Å². The molecule has 0 radical (unpaired) electrons. The Morgan fingerprint density at radius 2 is 1.71 bits per heavy atom. The molecule has 0 aliphatic heterocycles. The van der Waals surface area contributed by atoms with Gasteiger partial charge in [-0.25, -0.2) is 9.78 Å². The molecular weight excluding hydrogens is 470 g/mol. The lowest BCUT2D eigenvalue weighted by molar-refractivity contribution is 0.176. The van der Waals surface area contributed by atoms with E-state index in [2.05, 4.69) is 72.6 Å². The molecule has 1 heterocycles. The van der Waals surface area contributed by atoms with Gasteiger partial charge in [0.15, 0.2) is 0 Å². The molecule has 2 amide bonds. The quantitative estimate of drug-likeness (QED) is 0.245. The van der Waals surface area contributed by atoms with Crippen LogP contribution in [0.1, 0.15) is 63.6 Å². The first-order valence-electron chi connectivity index (χ1n) is 12.9. The Balaban J connectivity index is 1.69. The zero-order chi connectivity index (χ0) is 24.6. The number of thioether (sulfide) groups is 2. The Bertz CT molecular complexity index is 1110. The number of aromatic nitrogens is 1. The molecule has 0 unspecified atom stereocenters. The van der Waals surface area contributed by atoms with Crippen molar-refractivity contribution in [2.45, 2.75) is 81.8 Å². The molecule has 1 aliphatic rings. The van der Waals surface area contributed by atoms with Crippen molar-refractivity contribution in [3.05, 3.63) is 59.8 Å². The fourth-order valence-electron chi connectivity index (χ4n) is 4.97. The number of amides is 2. The standard InChI is InChI=1S/C29H37N3OS2/c1-4-34-26-19-21(3)30-28(35-5-2)27(26)31-29(33)32(24-16-8-6-7-9-17-24)20-23-15-12-14-22-13-10-11-18-25(22)23/h10-15,18-19,24H,4-9,16-17,20H2,1-3H3,(H,31,33). The third-order valence-corrected chi connectivity index (χ3v) is 8.42. The van der Waals surface area contributed by atoms with Crippen LogP contribution in [-0.4, -0.2) is 33.5 Å². The maximum absolute atomic E-state index is 14.0. The number of aryl methyl sites for hydroxylation is 1. The summed E-state index contributed by atoms with van der Waals surface area (Å²) in [5.74, 6) is 1.86. The molecule has 1 aromatic heterocycles. The smallest absolute Gasteiger partial charge is 0.317 e. The minimum atomic E-state index is -0.00797. The summed E-state index contributed by atoms with van der Waals surface area (Å²) in [6.07, 6.45) is 7.02. The third kappa shape index (κ3) is 6.53. The molecule has 0 atom stereocenters. The topological polar surface area (TPSA) is 45.2 Å². The maximum atomic E-state index is 14.0. The molecule has 4 nitrogen and oxygen atoms in total. The van der Waals surface area contributed by atoms with E-state index in [0.717, 1.165) is 45.7 Å². The van der Waals surface area contributed by atoms with E-state index < -0.39 is 0 Å². The number of carbonyl (C=O) groups is 1. The molecule has 2 aromatic carbocycles. The second-order valence-corrected chi connectivity index (χ2v) is 11.7. The monoisotopic (exact) mass is 507 g/mol. The fourth-order valence-corrected chi connectivity index (χ4v) is 6.68. The van der Waals surface area contributed by atoms with Crippen LogP contribution in [0, 0.1) is 6.92 Å². The van der Waals surface area contributed by atoms with Crippen LogP contribution in [0.5, 0.6) is 0 Å². The van der Waals surface area contributed by atoms with Crippen molar-refractivity contribution in [3.63, 3.8) is 0 Å². The molecule has 35 heavy (non-hydrogen) atoms. The highest BCUT2D eigenvalue weighted by atomic mass is 32.2. The minimum absolute atomic E-state index is 0.00797. The highest BCUT2D eigenvalue weighted by Gasteiger charge is 2.27. The predicted octanol–water partition coefficient (Wildman–Crippen LogP) is 8.52. The second-order valence-electron chi connectivity index (χ2n) is 9.15. The SMILES string of the molecule is CCSc1cc(C)nc(SCC)c1NC(=O)N(Cc1cccc2ccccc12)C1CCCCCC1. The minimum Gasteiger partial charge on any atom is -0.317 e. The molecule has 6 heteroatoms. The first-order chi connectivity index (χ1) is 17.1. The zero-order valence-corrected chi connectivity index (χ0v) is 22.8. The number of hydrogen-bond acceptors (Lipinski definition) is 4. The highest BCUT2D eigenvalue weighted by Crippen LogP contribution is 2.36. The predicted molar refractivity (Wildman–Crippen MR) is 152 cm³/mol. The average molecular weight is 508 g/mol. The molecule has 0 spiro atoms. The van der Waals surface area contributed by atoms with Crippen molar-refractivity contribution in [2.75, 3.05) is 16.8 Å². The Hall–Kier alpha value is -2.18. The van der Waals surface area contributed by atoms with Crippen LogP contribution in [0.15, 0.2) is 58.5 Å². The zero-order valence-electron chi connectivity index (χ0n) is 21.2. The Morgan fingerprint density at radius 3 is 2.46 bits per heavy atom. The number of hydrogen-bond donors (Lipinski definition) is 1. The van der Waals surface area contributed by atoms with E-state index in [9.17, 15) is 4.79 Å². The van der Waals surface area contributed by atoms with Gasteiger partial charge < -0.3 is 10.2 Å². The lowest BCUT2D eigenvalue weighted by Crippen LogP contribution is -2.42. The Labute approximate surface area is 218 Å². The van der Waals surface area contributed by atoms with Crippen LogP contribution in [0.2, 0.25) is 0 Å². The average Bonchev–Trinajstić information content (AvgIpc) is 3.14. The molecule has 1 saturated carbocycles. The largest absolute Gasteiger partial charge is 0.322 e. The highest BCUT2D eigenvalue weighted by molar-refractivity contribution is 8.00. The van der Waals surface area contributed by atoms with E-state index in [1.807, 2.05) is 6.92 Å². The van der Waals surface area contributed by atoms with Gasteiger partial charge in [0.2, 0.25) is 0 Å². The maximum Gasteiger partial charge on any atom is 0.322 e. The normalized spacial score (nSPS) is 14.6. The summed E-state index contributed by atoms with van der Waals surface area (Å²) in [6.45, 7) is 6.93. The first kappa shape index (κ1) is 25.9. The van der Waals surface area contributed by atoms with Crippen molar-refractivity contribution in [1.29, 1.82) is 0 Å². The Morgan fingerprint density at radius 1 is 1.00 bits per heavy atom. The van der Waals surface area contributed by atoms with E-state index in [1.165, 1.54) is 42.0 Å². The molecule has 1 aliphatic carbocycles. The number of urea groups is 1. The summed E-state index contributed by atoms with van der Waals surface area (Å²) < 4.78 is 0. The summed E-state index contributed by atoms with van der Waals surface area (Å²) in [4.78, 5) is 22.0. The van der Waals surface area contributed by atoms with Gasteiger partial charge in [-0.15, -0.1) is 23.5 Å². The summed E-state index contributed by atoms with van der Waals surface area (Å²) in [5, 5.41) is 6.71. The van der Waals surface area contributed by atoms with Crippen LogP contribution >= 0.6 is 23.5 Å². The molecule has 1 fully saturated rings. The third-order valence-electron chi connectivity index (χ3n) is 6.64. The first-order valence-corrected chi connectivity index (χ1v) is 14.9. The van der Waals surface area contributed by atoms with E-state index in [-0.39, 0.29) is 12.1 Å². The molecule has 3 aromatic rings. The van der Waals surface area contributed by atoms with Crippen LogP contribution in [0.4, 0.5) is 10.5 Å². The van der Waals surface area contributed by atoms with Gasteiger partial charge in [0.25, 0.3) is 0 Å². The number of benzene rings is 2. The van der Waals surface area contributed by atoms with Crippen molar-refractivity contribution < 1.29 is 4.79 Å². The van der Waals surface area contributed by atoms with Gasteiger partial charge in [0, 0.05) is 23.2 Å². The van der Waals surface area contributed by atoms with Crippen molar-refractivity contribution in [1.82, 2.24) is 9.88 Å². The number of pyridine rings is 1. The van der Waals surface area contributed by atoms with Crippen LogP contribution in [0.25, 0.3) is 10.8 Å². The molecule has 0 saturated heterocycles. The van der Waals surface area contributed by atoms with E-state index in [0.29, 0.717) is 6.54 Å². The van der Waals surface area contributed by atoms with Crippen molar-refractivity contribution in [3.8, 4) is 0 Å². The van der Waals surface area contributed by atoms with Gasteiger partial charge in [-0.3, -0.25) is 0 Å². The fraction of sp³-hybridized carbons (Fsp3) is 0.448. The van der Waals surface area contributed by atoms with E-state index >= 15 is 0 Å². The number of anilines is 1. The number of carbonyl (C=O) groups excluding carboxylic acids is 1. The van der Waals surface area contributed by atoms with Gasteiger partial charge in [-0.2, -0.15) is 0 Å². The number of fused-ring (bicyclic) bond motifs is 1.